The van der Waals surface area contributed by atoms with Gasteiger partial charge in [-0.2, -0.15) is 0 Å². The molecule has 0 saturated carbocycles. The molecule has 0 radical (unpaired) electrons. The smallest absolute Gasteiger partial charge is 0.126 e. The van der Waals surface area contributed by atoms with Crippen LogP contribution in [0.4, 0.5) is 4.39 Å². The highest BCUT2D eigenvalue weighted by Crippen LogP contribution is 2.15. The van der Waals surface area contributed by atoms with Crippen molar-refractivity contribution in [1.29, 1.82) is 0 Å². The molecule has 1 aromatic rings. The first kappa shape index (κ1) is 9.13. The Morgan fingerprint density at radius 2 is 2.07 bits per heavy atom. The van der Waals surface area contributed by atoms with Crippen molar-refractivity contribution in [3.8, 4) is 0 Å². The third-order valence-electron chi connectivity index (χ3n) is 2.34. The molecule has 0 aliphatic carbocycles. The molecule has 72 valence electrons. The lowest BCUT2D eigenvalue weighted by Crippen LogP contribution is -1.95. The summed E-state index contributed by atoms with van der Waals surface area (Å²) in [4.78, 5) is 4.36. The van der Waals surface area contributed by atoms with Gasteiger partial charge in [0.1, 0.15) is 5.82 Å². The summed E-state index contributed by atoms with van der Waals surface area (Å²) in [5, 5.41) is 0. The van der Waals surface area contributed by atoms with Crippen molar-refractivity contribution >= 4 is 5.71 Å². The summed E-state index contributed by atoms with van der Waals surface area (Å²) in [6, 6.07) is 5.11. The maximum absolute atomic E-state index is 13.0. The van der Waals surface area contributed by atoms with Gasteiger partial charge in [-0.1, -0.05) is 0 Å². The van der Waals surface area contributed by atoms with E-state index in [9.17, 15) is 4.39 Å². The highest BCUT2D eigenvalue weighted by molar-refractivity contribution is 6.10. The lowest BCUT2D eigenvalue weighted by molar-refractivity contribution is 0.618. The first-order valence-corrected chi connectivity index (χ1v) is 4.65. The van der Waals surface area contributed by atoms with E-state index in [4.69, 9.17) is 0 Å². The standard InChI is InChI=1S/C12H12FN/c1-8-5-12(14-7-8)10-3-4-11(13)9(2)6-10/h3-6H,7H2,1-2H3. The van der Waals surface area contributed by atoms with Gasteiger partial charge in [0.25, 0.3) is 0 Å². The fourth-order valence-corrected chi connectivity index (χ4v) is 1.51. The summed E-state index contributed by atoms with van der Waals surface area (Å²) in [7, 11) is 0. The van der Waals surface area contributed by atoms with Crippen LogP contribution in [0.15, 0.2) is 34.8 Å². The maximum Gasteiger partial charge on any atom is 0.126 e. The molecule has 0 N–H and O–H groups in total. The van der Waals surface area contributed by atoms with E-state index in [2.05, 4.69) is 4.99 Å². The first-order chi connectivity index (χ1) is 6.66. The summed E-state index contributed by atoms with van der Waals surface area (Å²) in [5.74, 6) is -0.159. The lowest BCUT2D eigenvalue weighted by atomic mass is 10.1. The Bertz CT molecular complexity index is 430. The molecule has 2 heteroatoms. The van der Waals surface area contributed by atoms with Crippen molar-refractivity contribution in [2.75, 3.05) is 6.54 Å². The molecule has 1 heterocycles. The van der Waals surface area contributed by atoms with Gasteiger partial charge in [0.2, 0.25) is 0 Å². The number of aliphatic imine (C=N–C) groups is 1. The van der Waals surface area contributed by atoms with E-state index in [1.807, 2.05) is 19.1 Å². The van der Waals surface area contributed by atoms with Crippen LogP contribution in [0, 0.1) is 12.7 Å². The minimum atomic E-state index is -0.159. The van der Waals surface area contributed by atoms with Crippen LogP contribution in [0.2, 0.25) is 0 Å². The van der Waals surface area contributed by atoms with Gasteiger partial charge in [-0.3, -0.25) is 4.99 Å². The summed E-state index contributed by atoms with van der Waals surface area (Å²) in [6.07, 6.45) is 2.05. The van der Waals surface area contributed by atoms with Crippen molar-refractivity contribution in [2.24, 2.45) is 4.99 Å². The summed E-state index contributed by atoms with van der Waals surface area (Å²) >= 11 is 0. The van der Waals surface area contributed by atoms with E-state index in [1.165, 1.54) is 11.6 Å². The zero-order valence-corrected chi connectivity index (χ0v) is 8.34. The molecule has 0 unspecified atom stereocenters. The van der Waals surface area contributed by atoms with E-state index >= 15 is 0 Å². The monoisotopic (exact) mass is 189 g/mol. The van der Waals surface area contributed by atoms with Gasteiger partial charge in [-0.25, -0.2) is 4.39 Å². The Kier molecular flexibility index (Phi) is 2.20. The predicted octanol–water partition coefficient (Wildman–Crippen LogP) is 2.88. The zero-order valence-electron chi connectivity index (χ0n) is 8.34. The third-order valence-corrected chi connectivity index (χ3v) is 2.34. The Balaban J connectivity index is 2.39. The van der Waals surface area contributed by atoms with E-state index in [0.717, 1.165) is 17.8 Å². The van der Waals surface area contributed by atoms with Gasteiger partial charge >= 0.3 is 0 Å². The molecule has 1 aromatic carbocycles. The fourth-order valence-electron chi connectivity index (χ4n) is 1.51. The minimum absolute atomic E-state index is 0.159. The van der Waals surface area contributed by atoms with E-state index in [-0.39, 0.29) is 5.82 Å². The molecule has 2 rings (SSSR count). The van der Waals surface area contributed by atoms with Gasteiger partial charge in [-0.05, 0) is 49.3 Å². The number of halogens is 1. The maximum atomic E-state index is 13.0. The Morgan fingerprint density at radius 1 is 1.29 bits per heavy atom. The van der Waals surface area contributed by atoms with Crippen molar-refractivity contribution < 1.29 is 4.39 Å². The molecule has 14 heavy (non-hydrogen) atoms. The zero-order chi connectivity index (χ0) is 10.1. The Morgan fingerprint density at radius 3 is 2.64 bits per heavy atom. The summed E-state index contributed by atoms with van der Waals surface area (Å²) < 4.78 is 13.0. The SMILES string of the molecule is CC1=CC(c2ccc(F)c(C)c2)=NC1. The van der Waals surface area contributed by atoms with Crippen LogP contribution < -0.4 is 0 Å². The lowest BCUT2D eigenvalue weighted by Gasteiger charge is -2.01. The van der Waals surface area contributed by atoms with E-state index in [1.54, 1.807) is 13.0 Å². The molecule has 0 amide bonds. The van der Waals surface area contributed by atoms with Gasteiger partial charge in [0, 0.05) is 5.56 Å². The highest BCUT2D eigenvalue weighted by atomic mass is 19.1. The molecular weight excluding hydrogens is 177 g/mol. The van der Waals surface area contributed by atoms with Crippen LogP contribution in [-0.4, -0.2) is 12.3 Å². The minimum Gasteiger partial charge on any atom is -0.280 e. The molecule has 1 aliphatic heterocycles. The van der Waals surface area contributed by atoms with Gasteiger partial charge < -0.3 is 0 Å². The molecule has 0 fully saturated rings. The molecular formula is C12H12FN. The number of benzene rings is 1. The van der Waals surface area contributed by atoms with Gasteiger partial charge in [0.15, 0.2) is 0 Å². The molecule has 0 spiro atoms. The average molecular weight is 189 g/mol. The molecule has 0 aromatic heterocycles. The normalized spacial score (nSPS) is 15.4. The molecule has 0 bridgehead atoms. The second kappa shape index (κ2) is 3.37. The highest BCUT2D eigenvalue weighted by Gasteiger charge is 2.08. The average Bonchev–Trinajstić information content (AvgIpc) is 2.57. The van der Waals surface area contributed by atoms with Crippen LogP contribution in [0.3, 0.4) is 0 Å². The number of hydrogen-bond donors (Lipinski definition) is 0. The molecule has 1 aliphatic rings. The topological polar surface area (TPSA) is 12.4 Å². The van der Waals surface area contributed by atoms with Crippen molar-refractivity contribution in [1.82, 2.24) is 0 Å². The largest absolute Gasteiger partial charge is 0.280 e. The van der Waals surface area contributed by atoms with Crippen molar-refractivity contribution in [3.05, 3.63) is 46.8 Å². The van der Waals surface area contributed by atoms with E-state index < -0.39 is 0 Å². The number of nitrogens with zero attached hydrogens (tertiary/aromatic N) is 1. The van der Waals surface area contributed by atoms with Crippen LogP contribution in [0.25, 0.3) is 0 Å². The van der Waals surface area contributed by atoms with Crippen molar-refractivity contribution in [3.63, 3.8) is 0 Å². The number of hydrogen-bond acceptors (Lipinski definition) is 1. The van der Waals surface area contributed by atoms with E-state index in [0.29, 0.717) is 5.56 Å². The number of aryl methyl sites for hydroxylation is 1. The number of rotatable bonds is 1. The third kappa shape index (κ3) is 1.60. The second-order valence-electron chi connectivity index (χ2n) is 3.66. The van der Waals surface area contributed by atoms with Crippen LogP contribution >= 0.6 is 0 Å². The fraction of sp³-hybridized carbons (Fsp3) is 0.250. The predicted molar refractivity (Wildman–Crippen MR) is 56.3 cm³/mol. The molecule has 1 nitrogen and oxygen atoms in total. The summed E-state index contributed by atoms with van der Waals surface area (Å²) in [6.45, 7) is 4.59. The Hall–Kier alpha value is -1.44. The first-order valence-electron chi connectivity index (χ1n) is 4.65. The van der Waals surface area contributed by atoms with Gasteiger partial charge in [0.05, 0.1) is 12.3 Å². The van der Waals surface area contributed by atoms with Gasteiger partial charge in [-0.15, -0.1) is 0 Å². The number of allylic oxidation sites excluding steroid dienone is 1. The van der Waals surface area contributed by atoms with Crippen molar-refractivity contribution in [2.45, 2.75) is 13.8 Å². The second-order valence-corrected chi connectivity index (χ2v) is 3.66. The molecule has 0 atom stereocenters. The molecule has 0 saturated heterocycles. The van der Waals surface area contributed by atoms with Crippen LogP contribution in [0.5, 0.6) is 0 Å². The Labute approximate surface area is 83.0 Å². The quantitative estimate of drug-likeness (QED) is 0.644. The van der Waals surface area contributed by atoms with Crippen LogP contribution in [0.1, 0.15) is 18.1 Å². The van der Waals surface area contributed by atoms with Crippen LogP contribution in [-0.2, 0) is 0 Å². The summed E-state index contributed by atoms with van der Waals surface area (Å²) in [5.41, 5.74) is 3.89.